The average Bonchev–Trinajstić information content (AvgIpc) is 2.15. The van der Waals surface area contributed by atoms with E-state index in [1.165, 1.54) is 0 Å². The van der Waals surface area contributed by atoms with Gasteiger partial charge in [0.25, 0.3) is 5.91 Å². The van der Waals surface area contributed by atoms with Gasteiger partial charge in [-0.2, -0.15) is 0 Å². The third kappa shape index (κ3) is 2.74. The van der Waals surface area contributed by atoms with E-state index in [0.717, 1.165) is 19.2 Å². The number of hydrogen-bond donors (Lipinski definition) is 3. The number of nitrogens with zero attached hydrogens (tertiary/aromatic N) is 1. The van der Waals surface area contributed by atoms with Gasteiger partial charge in [-0.1, -0.05) is 0 Å². The number of carbonyl (C=O) groups is 2. The predicted molar refractivity (Wildman–Crippen MR) is 50.9 cm³/mol. The Bertz CT molecular complexity index is 269. The zero-order valence-corrected chi connectivity index (χ0v) is 7.82. The van der Waals surface area contributed by atoms with Crippen molar-refractivity contribution in [1.29, 1.82) is 0 Å². The topological polar surface area (TPSA) is 101 Å². The van der Waals surface area contributed by atoms with Crippen LogP contribution in [-0.4, -0.2) is 42.9 Å². The van der Waals surface area contributed by atoms with Gasteiger partial charge in [0.2, 0.25) is 5.91 Å². The van der Waals surface area contributed by atoms with E-state index >= 15 is 0 Å². The highest BCUT2D eigenvalue weighted by Crippen LogP contribution is 2.04. The van der Waals surface area contributed by atoms with E-state index in [9.17, 15) is 9.59 Å². The predicted octanol–water partition coefficient (Wildman–Crippen LogP) is -2.25. The number of nitrogens with one attached hydrogen (secondary N) is 1. The molecule has 1 rings (SSSR count). The van der Waals surface area contributed by atoms with Crippen LogP contribution < -0.4 is 16.8 Å². The zero-order chi connectivity index (χ0) is 10.6. The van der Waals surface area contributed by atoms with Gasteiger partial charge in [-0.05, 0) is 0 Å². The van der Waals surface area contributed by atoms with Gasteiger partial charge in [-0.3, -0.25) is 9.59 Å². The summed E-state index contributed by atoms with van der Waals surface area (Å²) < 4.78 is 0. The van der Waals surface area contributed by atoms with Gasteiger partial charge in [0.05, 0.1) is 0 Å². The van der Waals surface area contributed by atoms with E-state index in [1.54, 1.807) is 4.90 Å². The number of rotatable bonds is 3. The fourth-order valence-electron chi connectivity index (χ4n) is 1.36. The lowest BCUT2D eigenvalue weighted by Crippen LogP contribution is -2.45. The van der Waals surface area contributed by atoms with Crippen molar-refractivity contribution in [3.05, 3.63) is 11.8 Å². The summed E-state index contributed by atoms with van der Waals surface area (Å²) in [4.78, 5) is 23.4. The number of amides is 2. The van der Waals surface area contributed by atoms with E-state index in [-0.39, 0.29) is 5.70 Å². The fraction of sp³-hybridized carbons (Fsp3) is 0.500. The molecule has 1 aliphatic heterocycles. The first-order valence-electron chi connectivity index (χ1n) is 4.38. The Hall–Kier alpha value is -1.56. The van der Waals surface area contributed by atoms with Crippen LogP contribution >= 0.6 is 0 Å². The van der Waals surface area contributed by atoms with Gasteiger partial charge in [0.1, 0.15) is 5.70 Å². The first-order valence-corrected chi connectivity index (χ1v) is 4.38. The fourth-order valence-corrected chi connectivity index (χ4v) is 1.36. The molecular formula is C8H14N4O2. The van der Waals surface area contributed by atoms with Crippen molar-refractivity contribution < 1.29 is 9.59 Å². The van der Waals surface area contributed by atoms with Gasteiger partial charge >= 0.3 is 0 Å². The smallest absolute Gasteiger partial charge is 0.265 e. The standard InChI is InChI=1S/C8H14N4O2/c9-7(13)5-6(8(10)14)12-3-1-11-2-4-12/h5,11H,1-4H2,(H2,9,13)(H2,10,14). The third-order valence-electron chi connectivity index (χ3n) is 1.99. The van der Waals surface area contributed by atoms with E-state index in [2.05, 4.69) is 5.32 Å². The van der Waals surface area contributed by atoms with Crippen molar-refractivity contribution in [3.63, 3.8) is 0 Å². The molecule has 5 N–H and O–H groups in total. The Balaban J connectivity index is 2.76. The average molecular weight is 198 g/mol. The molecule has 0 aromatic carbocycles. The minimum Gasteiger partial charge on any atom is -0.366 e. The molecule has 0 saturated carbocycles. The molecule has 0 aliphatic carbocycles. The van der Waals surface area contributed by atoms with Crippen molar-refractivity contribution in [3.8, 4) is 0 Å². The molecule has 1 heterocycles. The highest BCUT2D eigenvalue weighted by atomic mass is 16.2. The molecule has 0 bridgehead atoms. The number of carbonyl (C=O) groups excluding carboxylic acids is 2. The van der Waals surface area contributed by atoms with Crippen LogP contribution in [0.4, 0.5) is 0 Å². The van der Waals surface area contributed by atoms with Crippen molar-refractivity contribution in [1.82, 2.24) is 10.2 Å². The van der Waals surface area contributed by atoms with Gasteiger partial charge in [0.15, 0.2) is 0 Å². The highest BCUT2D eigenvalue weighted by molar-refractivity contribution is 5.99. The lowest BCUT2D eigenvalue weighted by molar-refractivity contribution is -0.117. The molecule has 6 heteroatoms. The quantitative estimate of drug-likeness (QED) is 0.446. The zero-order valence-electron chi connectivity index (χ0n) is 7.82. The number of hydrogen-bond acceptors (Lipinski definition) is 4. The number of primary amides is 2. The second-order valence-corrected chi connectivity index (χ2v) is 3.03. The molecule has 0 unspecified atom stereocenters. The molecule has 14 heavy (non-hydrogen) atoms. The van der Waals surface area contributed by atoms with E-state index < -0.39 is 11.8 Å². The normalized spacial score (nSPS) is 18.0. The van der Waals surface area contributed by atoms with Crippen molar-refractivity contribution in [2.75, 3.05) is 26.2 Å². The summed E-state index contributed by atoms with van der Waals surface area (Å²) in [6, 6.07) is 0. The molecule has 1 saturated heterocycles. The molecule has 0 atom stereocenters. The van der Waals surface area contributed by atoms with Crippen molar-refractivity contribution in [2.24, 2.45) is 11.5 Å². The minimum absolute atomic E-state index is 0.194. The summed E-state index contributed by atoms with van der Waals surface area (Å²) in [6.07, 6.45) is 1.08. The van der Waals surface area contributed by atoms with Crippen LogP contribution in [0.2, 0.25) is 0 Å². The van der Waals surface area contributed by atoms with Crippen molar-refractivity contribution in [2.45, 2.75) is 0 Å². The summed E-state index contributed by atoms with van der Waals surface area (Å²) >= 11 is 0. The molecule has 1 fully saturated rings. The maximum absolute atomic E-state index is 11.0. The van der Waals surface area contributed by atoms with Crippen LogP contribution in [0.1, 0.15) is 0 Å². The Morgan fingerprint density at radius 3 is 2.21 bits per heavy atom. The lowest BCUT2D eigenvalue weighted by atomic mass is 10.2. The van der Waals surface area contributed by atoms with E-state index in [4.69, 9.17) is 11.5 Å². The summed E-state index contributed by atoms with van der Waals surface area (Å²) in [6.45, 7) is 2.84. The number of nitrogens with two attached hydrogens (primary N) is 2. The molecule has 78 valence electrons. The Morgan fingerprint density at radius 1 is 1.21 bits per heavy atom. The van der Waals surface area contributed by atoms with Crippen LogP contribution in [0.25, 0.3) is 0 Å². The molecule has 6 nitrogen and oxygen atoms in total. The van der Waals surface area contributed by atoms with Gasteiger partial charge in [0, 0.05) is 32.3 Å². The molecule has 0 aromatic heterocycles. The Labute approximate surface area is 81.9 Å². The van der Waals surface area contributed by atoms with Crippen molar-refractivity contribution >= 4 is 11.8 Å². The SMILES string of the molecule is NC(=O)C=C(C(N)=O)N1CCNCC1. The van der Waals surface area contributed by atoms with Crippen LogP contribution in [0, 0.1) is 0 Å². The van der Waals surface area contributed by atoms with E-state index in [0.29, 0.717) is 13.1 Å². The van der Waals surface area contributed by atoms with Crippen LogP contribution in [-0.2, 0) is 9.59 Å². The first kappa shape index (κ1) is 10.5. The van der Waals surface area contributed by atoms with E-state index in [1.807, 2.05) is 0 Å². The molecule has 0 radical (unpaired) electrons. The third-order valence-corrected chi connectivity index (χ3v) is 1.99. The minimum atomic E-state index is -0.655. The number of piperazine rings is 1. The summed E-state index contributed by atoms with van der Waals surface area (Å²) in [5.41, 5.74) is 10.3. The van der Waals surface area contributed by atoms with Crippen LogP contribution in [0.15, 0.2) is 11.8 Å². The molecule has 2 amide bonds. The maximum atomic E-state index is 11.0. The molecule has 1 aliphatic rings. The Kier molecular flexibility index (Phi) is 3.47. The monoisotopic (exact) mass is 198 g/mol. The first-order chi connectivity index (χ1) is 6.61. The van der Waals surface area contributed by atoms with Gasteiger partial charge in [-0.25, -0.2) is 0 Å². The van der Waals surface area contributed by atoms with Gasteiger partial charge < -0.3 is 21.7 Å². The second kappa shape index (κ2) is 4.61. The van der Waals surface area contributed by atoms with Crippen LogP contribution in [0.5, 0.6) is 0 Å². The largest absolute Gasteiger partial charge is 0.366 e. The van der Waals surface area contributed by atoms with Crippen LogP contribution in [0.3, 0.4) is 0 Å². The lowest BCUT2D eigenvalue weighted by Gasteiger charge is -2.29. The molecule has 0 spiro atoms. The maximum Gasteiger partial charge on any atom is 0.265 e. The molecular weight excluding hydrogens is 184 g/mol. The second-order valence-electron chi connectivity index (χ2n) is 3.03. The highest BCUT2D eigenvalue weighted by Gasteiger charge is 2.17. The molecule has 0 aromatic rings. The van der Waals surface area contributed by atoms with Gasteiger partial charge in [-0.15, -0.1) is 0 Å². The summed E-state index contributed by atoms with van der Waals surface area (Å²) in [7, 11) is 0. The Morgan fingerprint density at radius 2 is 1.79 bits per heavy atom. The summed E-state index contributed by atoms with van der Waals surface area (Å²) in [5.74, 6) is -1.27. The summed E-state index contributed by atoms with van der Waals surface area (Å²) in [5, 5.41) is 3.12.